The number of rotatable bonds is 12. The molecule has 2 aromatic heterocycles. The fourth-order valence-electron chi connectivity index (χ4n) is 7.02. The van der Waals surface area contributed by atoms with E-state index in [4.69, 9.17) is 31.2 Å². The Hall–Kier alpha value is -4.50. The number of amides is 2. The lowest BCUT2D eigenvalue weighted by Crippen LogP contribution is -2.41. The van der Waals surface area contributed by atoms with E-state index in [1.807, 2.05) is 24.1 Å². The molecular weight excluding hydrogens is 726 g/mol. The molecule has 1 aromatic carbocycles. The van der Waals surface area contributed by atoms with E-state index in [0.717, 1.165) is 44.3 Å². The molecule has 18 heteroatoms. The average Bonchev–Trinajstić information content (AvgIpc) is 3.74. The predicted octanol–water partition coefficient (Wildman–Crippen LogP) is 2.53. The molecule has 0 spiro atoms. The van der Waals surface area contributed by atoms with Crippen molar-refractivity contribution in [1.82, 2.24) is 29.7 Å². The number of hydrogen-bond acceptors (Lipinski definition) is 12. The molecule has 284 valence electrons. The van der Waals surface area contributed by atoms with Crippen molar-refractivity contribution in [1.29, 1.82) is 5.26 Å². The second-order valence-corrected chi connectivity index (χ2v) is 15.9. The Morgan fingerprint density at radius 1 is 1.11 bits per heavy atom. The fourth-order valence-corrected chi connectivity index (χ4v) is 7.77. The van der Waals surface area contributed by atoms with Crippen molar-refractivity contribution in [2.75, 3.05) is 74.9 Å². The molecule has 3 unspecified atom stereocenters. The number of carbonyl (C=O) groups excluding carboxylic acids is 3. The van der Waals surface area contributed by atoms with Crippen LogP contribution in [0.5, 0.6) is 0 Å². The number of benzene rings is 1. The number of nitrogens with zero attached hydrogens (tertiary/aromatic N) is 7. The van der Waals surface area contributed by atoms with Crippen LogP contribution >= 0.6 is 11.6 Å². The van der Waals surface area contributed by atoms with E-state index in [-0.39, 0.29) is 42.5 Å². The molecule has 16 nitrogen and oxygen atoms in total. The molecule has 3 aliphatic heterocycles. The lowest BCUT2D eigenvalue weighted by molar-refractivity contribution is -0.150. The number of hydrogen-bond donors (Lipinski definition) is 2. The number of ether oxygens (including phenoxy) is 2. The van der Waals surface area contributed by atoms with E-state index in [1.54, 1.807) is 9.42 Å². The van der Waals surface area contributed by atoms with Crippen molar-refractivity contribution in [2.45, 2.75) is 51.2 Å². The topological polar surface area (TPSA) is 192 Å². The van der Waals surface area contributed by atoms with E-state index in [1.165, 1.54) is 18.2 Å². The molecule has 3 atom stereocenters. The van der Waals surface area contributed by atoms with Crippen LogP contribution in [-0.2, 0) is 29.1 Å². The van der Waals surface area contributed by atoms with Crippen LogP contribution in [0, 0.1) is 24.2 Å². The summed E-state index contributed by atoms with van der Waals surface area (Å²) in [5, 5.41) is 17.9. The van der Waals surface area contributed by atoms with Gasteiger partial charge in [0.15, 0.2) is 5.65 Å². The smallest absolute Gasteiger partial charge is 0.306 e. The van der Waals surface area contributed by atoms with Crippen LogP contribution in [0.25, 0.3) is 5.65 Å². The number of esters is 1. The summed E-state index contributed by atoms with van der Waals surface area (Å²) >= 11 is 6.24. The third-order valence-electron chi connectivity index (χ3n) is 9.66. The van der Waals surface area contributed by atoms with Crippen LogP contribution in [0.15, 0.2) is 30.5 Å². The third kappa shape index (κ3) is 9.55. The van der Waals surface area contributed by atoms with E-state index >= 15 is 0 Å². The number of aromatic nitrogens is 3. The summed E-state index contributed by atoms with van der Waals surface area (Å²) in [6.45, 7) is 7.13. The largest absolute Gasteiger partial charge is 0.459 e. The summed E-state index contributed by atoms with van der Waals surface area (Å²) in [4.78, 5) is 49.8. The summed E-state index contributed by atoms with van der Waals surface area (Å²) in [6, 6.07) is 8.15. The summed E-state index contributed by atoms with van der Waals surface area (Å²) in [5.41, 5.74) is 2.25. The van der Waals surface area contributed by atoms with Crippen LogP contribution in [0.1, 0.15) is 59.8 Å². The number of carbonyl (C=O) groups is 3. The van der Waals surface area contributed by atoms with Crippen LogP contribution in [0.4, 0.5) is 11.5 Å². The molecule has 5 heterocycles. The van der Waals surface area contributed by atoms with Gasteiger partial charge in [-0.3, -0.25) is 24.0 Å². The predicted molar refractivity (Wildman–Crippen MR) is 196 cm³/mol. The molecule has 6 rings (SSSR count). The molecule has 0 aliphatic carbocycles. The zero-order valence-electron chi connectivity index (χ0n) is 29.8. The first-order chi connectivity index (χ1) is 25.4. The van der Waals surface area contributed by atoms with Crippen molar-refractivity contribution in [3.63, 3.8) is 0 Å². The molecule has 0 bridgehead atoms. The zero-order valence-corrected chi connectivity index (χ0v) is 31.4. The van der Waals surface area contributed by atoms with Crippen molar-refractivity contribution < 1.29 is 32.3 Å². The molecule has 53 heavy (non-hydrogen) atoms. The molecule has 3 aromatic rings. The molecule has 3 fully saturated rings. The highest BCUT2D eigenvalue weighted by molar-refractivity contribution is 7.92. The number of morpholine rings is 1. The Balaban J connectivity index is 1.11. The van der Waals surface area contributed by atoms with Gasteiger partial charge in [0.05, 0.1) is 61.5 Å². The van der Waals surface area contributed by atoms with Gasteiger partial charge in [-0.05, 0) is 44.4 Å². The number of likely N-dealkylation sites (tertiary alicyclic amines) is 1. The van der Waals surface area contributed by atoms with Gasteiger partial charge in [0.2, 0.25) is 15.9 Å². The maximum atomic E-state index is 14.0. The van der Waals surface area contributed by atoms with Crippen LogP contribution in [0.2, 0.25) is 5.02 Å². The van der Waals surface area contributed by atoms with E-state index in [2.05, 4.69) is 21.0 Å². The summed E-state index contributed by atoms with van der Waals surface area (Å²) in [7, 11) is -3.65. The highest BCUT2D eigenvalue weighted by Gasteiger charge is 2.38. The number of nitriles is 1. The van der Waals surface area contributed by atoms with E-state index in [0.29, 0.717) is 61.5 Å². The Morgan fingerprint density at radius 2 is 1.91 bits per heavy atom. The number of aryl methyl sites for hydroxylation is 1. The minimum Gasteiger partial charge on any atom is -0.459 e. The first kappa shape index (κ1) is 38.2. The average molecular weight is 770 g/mol. The number of nitrogens with one attached hydrogen (secondary N) is 2. The summed E-state index contributed by atoms with van der Waals surface area (Å²) < 4.78 is 39.2. The standard InChI is InChI=1S/C35H44ClN9O7S/c1-23-20-45-31(18-28(40-45)29-5-3-4-11-44(29)35(48)26-17-25(36)6-7-27(26)41-53(2,49)50)39-34(23)43-21-24(19-37)30(22-43)52-33(47)9-8-32(46)38-10-12-42-13-15-51-16-14-42/h6-7,17-18,20,24,29-30,41H,3-5,8-16,21-22H2,1-2H3,(H,38,46). The molecular formula is C35H44ClN9O7S. The minimum absolute atomic E-state index is 0.00170. The highest BCUT2D eigenvalue weighted by Crippen LogP contribution is 2.35. The van der Waals surface area contributed by atoms with Gasteiger partial charge in [0.25, 0.3) is 5.91 Å². The van der Waals surface area contributed by atoms with Crippen molar-refractivity contribution in [3.8, 4) is 6.07 Å². The maximum absolute atomic E-state index is 14.0. The zero-order chi connectivity index (χ0) is 37.7. The quantitative estimate of drug-likeness (QED) is 0.257. The summed E-state index contributed by atoms with van der Waals surface area (Å²) in [6.07, 6.45) is 4.36. The number of sulfonamides is 1. The highest BCUT2D eigenvalue weighted by atomic mass is 35.5. The van der Waals surface area contributed by atoms with Gasteiger partial charge in [-0.15, -0.1) is 0 Å². The molecule has 3 saturated heterocycles. The van der Waals surface area contributed by atoms with E-state index < -0.39 is 34.1 Å². The van der Waals surface area contributed by atoms with Crippen molar-refractivity contribution >= 4 is 56.6 Å². The molecule has 2 amide bonds. The van der Waals surface area contributed by atoms with Crippen molar-refractivity contribution in [2.24, 2.45) is 5.92 Å². The van der Waals surface area contributed by atoms with Gasteiger partial charge in [-0.1, -0.05) is 11.6 Å². The molecule has 0 radical (unpaired) electrons. The number of halogens is 1. The fraction of sp³-hybridized carbons (Fsp3) is 0.543. The van der Waals surface area contributed by atoms with Gasteiger partial charge in [0.1, 0.15) is 17.8 Å². The van der Waals surface area contributed by atoms with Gasteiger partial charge >= 0.3 is 5.97 Å². The van der Waals surface area contributed by atoms with Gasteiger partial charge in [-0.25, -0.2) is 17.9 Å². The van der Waals surface area contributed by atoms with Crippen LogP contribution in [-0.4, -0.2) is 122 Å². The van der Waals surface area contributed by atoms with Gasteiger partial charge < -0.3 is 24.6 Å². The van der Waals surface area contributed by atoms with Crippen LogP contribution in [0.3, 0.4) is 0 Å². The molecule has 3 aliphatic rings. The Kier molecular flexibility index (Phi) is 12.0. The Labute approximate surface area is 313 Å². The lowest BCUT2D eigenvalue weighted by atomic mass is 9.98. The SMILES string of the molecule is Cc1cn2nc(C3CCCCN3C(=O)c3cc(Cl)ccc3NS(C)(=O)=O)cc2nc1N1CC(C#N)C(OC(=O)CCC(=O)NCCN2CCOCC2)C1. The minimum atomic E-state index is -3.65. The second-order valence-electron chi connectivity index (χ2n) is 13.7. The van der Waals surface area contributed by atoms with E-state index in [9.17, 15) is 28.1 Å². The molecule has 2 N–H and O–H groups in total. The Morgan fingerprint density at radius 3 is 2.66 bits per heavy atom. The number of anilines is 2. The first-order valence-corrected chi connectivity index (χ1v) is 20.0. The lowest BCUT2D eigenvalue weighted by Gasteiger charge is -2.35. The second kappa shape index (κ2) is 16.7. The number of piperidine rings is 1. The van der Waals surface area contributed by atoms with Crippen LogP contribution < -0.4 is 14.9 Å². The van der Waals surface area contributed by atoms with Gasteiger partial charge in [0, 0.05) is 68.5 Å². The third-order valence-corrected chi connectivity index (χ3v) is 10.5. The number of fused-ring (bicyclic) bond motifs is 1. The van der Waals surface area contributed by atoms with Gasteiger partial charge in [-0.2, -0.15) is 10.4 Å². The normalized spacial score (nSPS) is 21.0. The maximum Gasteiger partial charge on any atom is 0.306 e. The van der Waals surface area contributed by atoms with Crippen molar-refractivity contribution in [3.05, 3.63) is 52.3 Å². The monoisotopic (exact) mass is 769 g/mol. The Bertz CT molecular complexity index is 2000. The molecule has 0 saturated carbocycles. The first-order valence-electron chi connectivity index (χ1n) is 17.7. The summed E-state index contributed by atoms with van der Waals surface area (Å²) in [5.74, 6) is -1.10.